The van der Waals surface area contributed by atoms with E-state index in [2.05, 4.69) is 0 Å². The van der Waals surface area contributed by atoms with E-state index in [-0.39, 0.29) is 11.7 Å². The van der Waals surface area contributed by atoms with Crippen LogP contribution in [0.15, 0.2) is 85.1 Å². The van der Waals surface area contributed by atoms with Crippen molar-refractivity contribution >= 4 is 34.9 Å². The largest absolute Gasteiger partial charge is 0.325 e. The maximum absolute atomic E-state index is 14.2. The lowest BCUT2D eigenvalue weighted by molar-refractivity contribution is -0.132. The zero-order valence-electron chi connectivity index (χ0n) is 19.8. The second-order valence-electron chi connectivity index (χ2n) is 9.01. The molecular weight excluding hydrogens is 493 g/mol. The van der Waals surface area contributed by atoms with Gasteiger partial charge in [-0.2, -0.15) is 5.10 Å². The van der Waals surface area contributed by atoms with Gasteiger partial charge < -0.3 is 4.90 Å². The van der Waals surface area contributed by atoms with E-state index in [0.29, 0.717) is 39.7 Å². The Morgan fingerprint density at radius 3 is 2.33 bits per heavy atom. The van der Waals surface area contributed by atoms with Crippen molar-refractivity contribution in [1.82, 2.24) is 14.7 Å². The molecule has 5 rings (SSSR count). The van der Waals surface area contributed by atoms with Gasteiger partial charge in [0.05, 0.1) is 11.3 Å². The topological polar surface area (TPSA) is 55.2 Å². The molecule has 1 saturated carbocycles. The van der Waals surface area contributed by atoms with Crippen LogP contribution in [0, 0.1) is 0 Å². The zero-order chi connectivity index (χ0) is 25.3. The molecule has 5 nitrogen and oxygen atoms in total. The fraction of sp³-hybridized carbons (Fsp3) is 0.207. The van der Waals surface area contributed by atoms with Gasteiger partial charge in [-0.1, -0.05) is 71.7 Å². The van der Waals surface area contributed by atoms with Gasteiger partial charge in [0.1, 0.15) is 11.2 Å². The van der Waals surface area contributed by atoms with E-state index in [1.807, 2.05) is 60.7 Å². The molecule has 0 spiro atoms. The van der Waals surface area contributed by atoms with Crippen molar-refractivity contribution in [3.05, 3.63) is 106 Å². The molecule has 182 valence electrons. The Hall–Kier alpha value is -3.41. The first-order valence-electron chi connectivity index (χ1n) is 11.9. The van der Waals surface area contributed by atoms with E-state index in [1.54, 1.807) is 41.0 Å². The fourth-order valence-corrected chi connectivity index (χ4v) is 5.47. The standard InChI is InChI=1S/C29H25Cl2N3O2/c1-33(29(18-8-7-13-26(29)35)24-11-5-6-12-25(24)31)28(36)23-19-34(22-9-3-2-4-10-22)32-27(23)20-14-16-21(30)17-15-20/h2-6,9-12,14-17,19H,7-8,13,18H2,1H3/t29-/m1/s1. The molecule has 1 aliphatic rings. The Labute approximate surface area is 220 Å². The van der Waals surface area contributed by atoms with E-state index in [1.165, 1.54) is 0 Å². The number of ketones is 1. The number of aromatic nitrogens is 2. The number of para-hydroxylation sites is 1. The Kier molecular flexibility index (Phi) is 6.69. The summed E-state index contributed by atoms with van der Waals surface area (Å²) in [6, 6.07) is 24.1. The lowest BCUT2D eigenvalue weighted by Crippen LogP contribution is -2.54. The van der Waals surface area contributed by atoms with Crippen LogP contribution in [-0.2, 0) is 10.3 Å². The SMILES string of the molecule is CN(C(=O)c1cn(-c2ccccc2)nc1-c1ccc(Cl)cc1)[C@@]1(c2ccccc2Cl)CCCCC1=O. The van der Waals surface area contributed by atoms with Crippen molar-refractivity contribution in [3.63, 3.8) is 0 Å². The average molecular weight is 518 g/mol. The number of rotatable bonds is 5. The van der Waals surface area contributed by atoms with Crippen molar-refractivity contribution < 1.29 is 9.59 Å². The molecule has 1 aromatic heterocycles. The first-order valence-corrected chi connectivity index (χ1v) is 12.6. The van der Waals surface area contributed by atoms with Crippen LogP contribution < -0.4 is 0 Å². The number of hydrogen-bond acceptors (Lipinski definition) is 3. The highest BCUT2D eigenvalue weighted by Crippen LogP contribution is 2.43. The third kappa shape index (κ3) is 4.23. The van der Waals surface area contributed by atoms with Crippen molar-refractivity contribution in [1.29, 1.82) is 0 Å². The molecular formula is C29H25Cl2N3O2. The van der Waals surface area contributed by atoms with E-state index >= 15 is 0 Å². The molecule has 3 aromatic carbocycles. The summed E-state index contributed by atoms with van der Waals surface area (Å²) in [6.07, 6.45) is 4.26. The Morgan fingerprint density at radius 1 is 0.944 bits per heavy atom. The van der Waals surface area contributed by atoms with Gasteiger partial charge in [0.25, 0.3) is 5.91 Å². The zero-order valence-corrected chi connectivity index (χ0v) is 21.3. The van der Waals surface area contributed by atoms with Gasteiger partial charge in [0, 0.05) is 40.8 Å². The smallest absolute Gasteiger partial charge is 0.258 e. The summed E-state index contributed by atoms with van der Waals surface area (Å²) in [4.78, 5) is 29.4. The molecule has 1 fully saturated rings. The number of hydrogen-bond donors (Lipinski definition) is 0. The number of amides is 1. The molecule has 4 aromatic rings. The minimum atomic E-state index is -1.14. The van der Waals surface area contributed by atoms with Gasteiger partial charge in [0.15, 0.2) is 5.78 Å². The third-order valence-corrected chi connectivity index (χ3v) is 7.51. The summed E-state index contributed by atoms with van der Waals surface area (Å²) in [6.45, 7) is 0. The summed E-state index contributed by atoms with van der Waals surface area (Å²) < 4.78 is 1.69. The van der Waals surface area contributed by atoms with Gasteiger partial charge in [-0.25, -0.2) is 4.68 Å². The van der Waals surface area contributed by atoms with Gasteiger partial charge in [-0.3, -0.25) is 9.59 Å². The van der Waals surface area contributed by atoms with Gasteiger partial charge >= 0.3 is 0 Å². The molecule has 1 aliphatic carbocycles. The van der Waals surface area contributed by atoms with Crippen molar-refractivity contribution in [2.75, 3.05) is 7.05 Å². The number of halogens is 2. The second kappa shape index (κ2) is 9.92. The van der Waals surface area contributed by atoms with Crippen LogP contribution in [0.4, 0.5) is 0 Å². The maximum Gasteiger partial charge on any atom is 0.258 e. The predicted molar refractivity (Wildman–Crippen MR) is 143 cm³/mol. The molecule has 0 unspecified atom stereocenters. The van der Waals surface area contributed by atoms with E-state index in [4.69, 9.17) is 28.3 Å². The predicted octanol–water partition coefficient (Wildman–Crippen LogP) is 6.96. The van der Waals surface area contributed by atoms with Crippen LogP contribution in [0.2, 0.25) is 10.0 Å². The van der Waals surface area contributed by atoms with Crippen LogP contribution in [-0.4, -0.2) is 33.4 Å². The highest BCUT2D eigenvalue weighted by atomic mass is 35.5. The summed E-state index contributed by atoms with van der Waals surface area (Å²) in [5.74, 6) is -0.293. The minimum absolute atomic E-state index is 0.00111. The Bertz CT molecular complexity index is 1420. The van der Waals surface area contributed by atoms with Gasteiger partial charge in [0.2, 0.25) is 0 Å². The molecule has 0 saturated heterocycles. The maximum atomic E-state index is 14.2. The number of nitrogens with zero attached hydrogens (tertiary/aromatic N) is 3. The lowest BCUT2D eigenvalue weighted by Gasteiger charge is -2.44. The van der Waals surface area contributed by atoms with Crippen molar-refractivity contribution in [3.8, 4) is 16.9 Å². The molecule has 7 heteroatoms. The number of benzene rings is 3. The number of Topliss-reactive ketones (excluding diaryl/α,β-unsaturated/α-hetero) is 1. The van der Waals surface area contributed by atoms with Crippen molar-refractivity contribution in [2.24, 2.45) is 0 Å². The monoisotopic (exact) mass is 517 g/mol. The highest BCUT2D eigenvalue weighted by Gasteiger charge is 2.48. The third-order valence-electron chi connectivity index (χ3n) is 6.93. The minimum Gasteiger partial charge on any atom is -0.325 e. The first kappa shape index (κ1) is 24.3. The molecule has 0 aliphatic heterocycles. The number of carbonyl (C=O) groups is 2. The molecule has 0 N–H and O–H groups in total. The van der Waals surface area contributed by atoms with Crippen LogP contribution >= 0.6 is 23.2 Å². The first-order chi connectivity index (χ1) is 17.4. The van der Waals surface area contributed by atoms with E-state index in [0.717, 1.165) is 24.1 Å². The summed E-state index contributed by atoms with van der Waals surface area (Å²) >= 11 is 12.7. The Morgan fingerprint density at radius 2 is 1.64 bits per heavy atom. The lowest BCUT2D eigenvalue weighted by atomic mass is 9.74. The van der Waals surface area contributed by atoms with Crippen LogP contribution in [0.1, 0.15) is 41.6 Å². The van der Waals surface area contributed by atoms with Crippen LogP contribution in [0.3, 0.4) is 0 Å². The summed E-state index contributed by atoms with van der Waals surface area (Å²) in [5, 5.41) is 5.85. The van der Waals surface area contributed by atoms with E-state index in [9.17, 15) is 9.59 Å². The average Bonchev–Trinajstić information content (AvgIpc) is 3.35. The van der Waals surface area contributed by atoms with Crippen molar-refractivity contribution in [2.45, 2.75) is 31.2 Å². The molecule has 1 amide bonds. The summed E-state index contributed by atoms with van der Waals surface area (Å²) in [7, 11) is 1.69. The molecule has 36 heavy (non-hydrogen) atoms. The van der Waals surface area contributed by atoms with Crippen LogP contribution in [0.5, 0.6) is 0 Å². The Balaban J connectivity index is 1.65. The molecule has 1 atom stereocenters. The molecule has 1 heterocycles. The quantitative estimate of drug-likeness (QED) is 0.287. The number of carbonyl (C=O) groups excluding carboxylic acids is 2. The molecule has 0 bridgehead atoms. The highest BCUT2D eigenvalue weighted by molar-refractivity contribution is 6.32. The normalized spacial score (nSPS) is 17.7. The van der Waals surface area contributed by atoms with Gasteiger partial charge in [-0.05, 0) is 49.6 Å². The number of likely N-dealkylation sites (N-methyl/N-ethyl adjacent to an activating group) is 1. The van der Waals surface area contributed by atoms with Crippen LogP contribution in [0.25, 0.3) is 16.9 Å². The second-order valence-corrected chi connectivity index (χ2v) is 9.86. The molecule has 0 radical (unpaired) electrons. The summed E-state index contributed by atoms with van der Waals surface area (Å²) in [5.41, 5.74) is 2.02. The van der Waals surface area contributed by atoms with E-state index < -0.39 is 5.54 Å². The fourth-order valence-electron chi connectivity index (χ4n) is 5.05. The van der Waals surface area contributed by atoms with Gasteiger partial charge in [-0.15, -0.1) is 0 Å².